The Labute approximate surface area is 116 Å². The zero-order valence-corrected chi connectivity index (χ0v) is 11.4. The van der Waals surface area contributed by atoms with Gasteiger partial charge in [-0.25, -0.2) is 4.39 Å². The van der Waals surface area contributed by atoms with Gasteiger partial charge in [-0.15, -0.1) is 0 Å². The van der Waals surface area contributed by atoms with Crippen molar-refractivity contribution in [3.63, 3.8) is 0 Å². The second kappa shape index (κ2) is 5.99. The van der Waals surface area contributed by atoms with Gasteiger partial charge < -0.3 is 10.1 Å². The van der Waals surface area contributed by atoms with Crippen LogP contribution in [0.1, 0.15) is 17.3 Å². The number of hydrogen-bond acceptors (Lipinski definition) is 3. The van der Waals surface area contributed by atoms with Crippen LogP contribution in [0.5, 0.6) is 5.75 Å². The van der Waals surface area contributed by atoms with E-state index in [9.17, 15) is 4.39 Å². The van der Waals surface area contributed by atoms with Gasteiger partial charge in [0.1, 0.15) is 11.6 Å². The maximum Gasteiger partial charge on any atom is 0.124 e. The average molecular weight is 281 g/mol. The highest BCUT2D eigenvalue weighted by Gasteiger charge is 2.20. The highest BCUT2D eigenvalue weighted by atomic mass is 35.5. The molecule has 100 valence electrons. The summed E-state index contributed by atoms with van der Waals surface area (Å²) in [7, 11) is 3.31. The maximum atomic E-state index is 13.5. The van der Waals surface area contributed by atoms with E-state index in [0.29, 0.717) is 22.0 Å². The molecule has 0 amide bonds. The first-order valence-electron chi connectivity index (χ1n) is 5.78. The second-order valence-corrected chi connectivity index (χ2v) is 4.39. The summed E-state index contributed by atoms with van der Waals surface area (Å²) >= 11 is 6.15. The van der Waals surface area contributed by atoms with Crippen molar-refractivity contribution in [3.05, 3.63) is 58.6 Å². The average Bonchev–Trinajstić information content (AvgIpc) is 2.42. The quantitative estimate of drug-likeness (QED) is 0.934. The first-order valence-corrected chi connectivity index (χ1v) is 6.16. The van der Waals surface area contributed by atoms with Crippen LogP contribution in [-0.2, 0) is 0 Å². The molecule has 5 heteroatoms. The Balaban J connectivity index is 2.54. The first-order chi connectivity index (χ1) is 9.17. The summed E-state index contributed by atoms with van der Waals surface area (Å²) in [5.74, 6) is 0.255. The van der Waals surface area contributed by atoms with E-state index in [2.05, 4.69) is 10.3 Å². The minimum absolute atomic E-state index is 0.330. The molecule has 2 aromatic rings. The standard InChI is InChI=1S/C14H14ClFN2O/c1-17-13(14-11(15)4-3-7-18-14)10-8-9(16)5-6-12(10)19-2/h3-8,13,17H,1-2H3. The van der Waals surface area contributed by atoms with Crippen LogP contribution in [0.3, 0.4) is 0 Å². The highest BCUT2D eigenvalue weighted by Crippen LogP contribution is 2.32. The SMILES string of the molecule is CNC(c1cc(F)ccc1OC)c1ncccc1Cl. The van der Waals surface area contributed by atoms with E-state index in [1.807, 2.05) is 0 Å². The minimum Gasteiger partial charge on any atom is -0.496 e. The number of benzene rings is 1. The van der Waals surface area contributed by atoms with Gasteiger partial charge in [0.25, 0.3) is 0 Å². The molecule has 0 aliphatic heterocycles. The van der Waals surface area contributed by atoms with Crippen LogP contribution in [0.4, 0.5) is 4.39 Å². The van der Waals surface area contributed by atoms with Gasteiger partial charge >= 0.3 is 0 Å². The van der Waals surface area contributed by atoms with Crippen molar-refractivity contribution in [2.75, 3.05) is 14.2 Å². The van der Waals surface area contributed by atoms with Gasteiger partial charge in [0.05, 0.1) is 23.9 Å². The molecule has 0 aliphatic rings. The van der Waals surface area contributed by atoms with Gasteiger partial charge in [0.2, 0.25) is 0 Å². The third kappa shape index (κ3) is 2.85. The van der Waals surface area contributed by atoms with Crippen LogP contribution in [-0.4, -0.2) is 19.1 Å². The second-order valence-electron chi connectivity index (χ2n) is 3.98. The molecule has 1 atom stereocenters. The van der Waals surface area contributed by atoms with E-state index in [0.717, 1.165) is 0 Å². The monoisotopic (exact) mass is 280 g/mol. The number of nitrogens with one attached hydrogen (secondary N) is 1. The smallest absolute Gasteiger partial charge is 0.124 e. The number of methoxy groups -OCH3 is 1. The summed E-state index contributed by atoms with van der Waals surface area (Å²) in [4.78, 5) is 4.26. The Bertz CT molecular complexity index is 577. The van der Waals surface area contributed by atoms with Crippen LogP contribution in [0.25, 0.3) is 0 Å². The van der Waals surface area contributed by atoms with Crippen molar-refractivity contribution in [1.82, 2.24) is 10.3 Å². The molecule has 0 saturated heterocycles. The van der Waals surface area contributed by atoms with Gasteiger partial charge in [-0.2, -0.15) is 0 Å². The van der Waals surface area contributed by atoms with Gasteiger partial charge in [0.15, 0.2) is 0 Å². The van der Waals surface area contributed by atoms with Gasteiger partial charge in [0, 0.05) is 11.8 Å². The summed E-state index contributed by atoms with van der Waals surface area (Å²) in [6.07, 6.45) is 1.65. The molecule has 1 aromatic heterocycles. The lowest BCUT2D eigenvalue weighted by Crippen LogP contribution is -2.20. The normalized spacial score (nSPS) is 12.2. The summed E-state index contributed by atoms with van der Waals surface area (Å²) < 4.78 is 18.7. The summed E-state index contributed by atoms with van der Waals surface area (Å²) in [5, 5.41) is 3.61. The molecule has 2 rings (SSSR count). The molecule has 1 N–H and O–H groups in total. The molecule has 3 nitrogen and oxygen atoms in total. The van der Waals surface area contributed by atoms with Gasteiger partial charge in [-0.3, -0.25) is 4.98 Å². The molecule has 19 heavy (non-hydrogen) atoms. The zero-order chi connectivity index (χ0) is 13.8. The van der Waals surface area contributed by atoms with E-state index in [4.69, 9.17) is 16.3 Å². The van der Waals surface area contributed by atoms with Gasteiger partial charge in [-0.05, 0) is 37.4 Å². The third-order valence-corrected chi connectivity index (χ3v) is 3.17. The van der Waals surface area contributed by atoms with Crippen molar-refractivity contribution in [1.29, 1.82) is 0 Å². The van der Waals surface area contributed by atoms with Crippen LogP contribution >= 0.6 is 11.6 Å². The molecule has 0 aliphatic carbocycles. The molecule has 0 bridgehead atoms. The van der Waals surface area contributed by atoms with Crippen molar-refractivity contribution >= 4 is 11.6 Å². The van der Waals surface area contributed by atoms with Crippen LogP contribution in [0, 0.1) is 5.82 Å². The summed E-state index contributed by atoms with van der Waals surface area (Å²) in [6.45, 7) is 0. The molecule has 1 aromatic carbocycles. The summed E-state index contributed by atoms with van der Waals surface area (Å²) in [5.41, 5.74) is 1.29. The lowest BCUT2D eigenvalue weighted by Gasteiger charge is -2.19. The van der Waals surface area contributed by atoms with Gasteiger partial charge in [-0.1, -0.05) is 11.6 Å². The van der Waals surface area contributed by atoms with E-state index >= 15 is 0 Å². The van der Waals surface area contributed by atoms with Crippen LogP contribution in [0.15, 0.2) is 36.5 Å². The Hall–Kier alpha value is -1.65. The fourth-order valence-electron chi connectivity index (χ4n) is 1.98. The molecule has 0 radical (unpaired) electrons. The molecular formula is C14H14ClFN2O. The number of pyridine rings is 1. The topological polar surface area (TPSA) is 34.1 Å². The molecule has 0 fully saturated rings. The molecule has 0 saturated carbocycles. The fraction of sp³-hybridized carbons (Fsp3) is 0.214. The lowest BCUT2D eigenvalue weighted by atomic mass is 10.0. The number of ether oxygens (including phenoxy) is 1. The van der Waals surface area contributed by atoms with E-state index in [-0.39, 0.29) is 11.9 Å². The largest absolute Gasteiger partial charge is 0.496 e. The van der Waals surface area contributed by atoms with Crippen molar-refractivity contribution in [3.8, 4) is 5.75 Å². The number of rotatable bonds is 4. The fourth-order valence-corrected chi connectivity index (χ4v) is 2.21. The Morgan fingerprint density at radius 2 is 2.16 bits per heavy atom. The lowest BCUT2D eigenvalue weighted by molar-refractivity contribution is 0.403. The van der Waals surface area contributed by atoms with E-state index in [1.54, 1.807) is 38.6 Å². The Morgan fingerprint density at radius 3 is 2.79 bits per heavy atom. The molecule has 1 heterocycles. The number of hydrogen-bond donors (Lipinski definition) is 1. The number of aromatic nitrogens is 1. The predicted molar refractivity (Wildman–Crippen MR) is 73.1 cm³/mol. The number of nitrogens with zero attached hydrogens (tertiary/aromatic N) is 1. The predicted octanol–water partition coefficient (Wildman–Crippen LogP) is 3.19. The summed E-state index contributed by atoms with van der Waals surface area (Å²) in [6, 6.07) is 7.53. The van der Waals surface area contributed by atoms with Crippen LogP contribution in [0.2, 0.25) is 5.02 Å². The van der Waals surface area contributed by atoms with E-state index < -0.39 is 0 Å². The Morgan fingerprint density at radius 1 is 1.37 bits per heavy atom. The van der Waals surface area contributed by atoms with Crippen LogP contribution < -0.4 is 10.1 Å². The first kappa shape index (κ1) is 13.8. The number of halogens is 2. The molecular weight excluding hydrogens is 267 g/mol. The molecule has 1 unspecified atom stereocenters. The zero-order valence-electron chi connectivity index (χ0n) is 10.7. The minimum atomic E-state index is -0.334. The maximum absolute atomic E-state index is 13.5. The van der Waals surface area contributed by atoms with Crippen molar-refractivity contribution in [2.45, 2.75) is 6.04 Å². The van der Waals surface area contributed by atoms with Crippen molar-refractivity contribution in [2.24, 2.45) is 0 Å². The third-order valence-electron chi connectivity index (χ3n) is 2.85. The van der Waals surface area contributed by atoms with E-state index in [1.165, 1.54) is 12.1 Å². The molecule has 0 spiro atoms. The van der Waals surface area contributed by atoms with Crippen molar-refractivity contribution < 1.29 is 9.13 Å². The highest BCUT2D eigenvalue weighted by molar-refractivity contribution is 6.31. The Kier molecular flexibility index (Phi) is 4.35.